The van der Waals surface area contributed by atoms with E-state index in [4.69, 9.17) is 18.6 Å². The summed E-state index contributed by atoms with van der Waals surface area (Å²) >= 11 is 0. The van der Waals surface area contributed by atoms with Gasteiger partial charge in [-0.25, -0.2) is 9.97 Å². The Bertz CT molecular complexity index is 2010. The van der Waals surface area contributed by atoms with E-state index >= 15 is 0 Å². The summed E-state index contributed by atoms with van der Waals surface area (Å²) < 4.78 is 23.4. The van der Waals surface area contributed by atoms with Crippen molar-refractivity contribution in [3.05, 3.63) is 120 Å². The molecule has 2 aliphatic heterocycles. The Morgan fingerprint density at radius 3 is 1.31 bits per heavy atom. The van der Waals surface area contributed by atoms with Crippen molar-refractivity contribution >= 4 is 49.8 Å². The lowest BCUT2D eigenvalue weighted by Gasteiger charge is -2.25. The average Bonchev–Trinajstić information content (AvgIpc) is 3.85. The highest BCUT2D eigenvalue weighted by atomic mass is 16.7. The lowest BCUT2D eigenvalue weighted by atomic mass is 9.73. The number of nitrogens with zero attached hydrogens (tertiary/aromatic N) is 4. The van der Waals surface area contributed by atoms with Gasteiger partial charge in [-0.3, -0.25) is 38.7 Å². The molecule has 6 atom stereocenters. The molecule has 3 unspecified atom stereocenters. The lowest BCUT2D eigenvalue weighted by Crippen LogP contribution is -2.56. The number of aromatic nitrogens is 4. The van der Waals surface area contributed by atoms with Crippen LogP contribution in [0.2, 0.25) is 0 Å². The van der Waals surface area contributed by atoms with Crippen LogP contribution in [0.15, 0.2) is 97.8 Å². The van der Waals surface area contributed by atoms with Crippen LogP contribution in [-0.2, 0) is 50.6 Å². The van der Waals surface area contributed by atoms with Crippen molar-refractivity contribution in [1.29, 1.82) is 0 Å². The Balaban J connectivity index is 1.15. The van der Waals surface area contributed by atoms with Crippen molar-refractivity contribution in [1.82, 2.24) is 41.2 Å². The highest BCUT2D eigenvalue weighted by molar-refractivity contribution is 6.53. The van der Waals surface area contributed by atoms with Crippen LogP contribution in [0, 0.1) is 11.8 Å². The zero-order valence-electron chi connectivity index (χ0n) is 34.7. The molecule has 0 saturated carbocycles. The largest absolute Gasteiger partial charge is 0.552 e. The van der Waals surface area contributed by atoms with Gasteiger partial charge in [0.15, 0.2) is 12.2 Å². The minimum atomic E-state index is -1.58. The topological polar surface area (TPSA) is 239 Å². The van der Waals surface area contributed by atoms with Gasteiger partial charge in [-0.15, -0.1) is 0 Å². The van der Waals surface area contributed by atoms with Crippen molar-refractivity contribution in [2.75, 3.05) is 0 Å². The van der Waals surface area contributed by atoms with Crippen LogP contribution in [-0.4, -0.2) is 106 Å². The van der Waals surface area contributed by atoms with Crippen LogP contribution in [0.3, 0.4) is 0 Å². The molecular formula is C42H48B2N8O10. The number of amides is 4. The fourth-order valence-corrected chi connectivity index (χ4v) is 7.04. The van der Waals surface area contributed by atoms with Gasteiger partial charge in [-0.2, -0.15) is 0 Å². The second-order valence-electron chi connectivity index (χ2n) is 15.8. The van der Waals surface area contributed by atoms with E-state index in [1.165, 1.54) is 37.2 Å². The SMILES string of the molecule is CC(C)C[C@H](NC(=O)C(Cc1ccccc1)NC(=O)c1cnccn1)B1OC(=O)C([C@@H]2OB([C@H](CC(C)C)NC(=O)C(Cc3ccccc3)NC(=O)c3cnccn3)OC2=O)O1. The second-order valence-corrected chi connectivity index (χ2v) is 15.8. The summed E-state index contributed by atoms with van der Waals surface area (Å²) in [5.74, 6) is -6.12. The molecule has 4 N–H and O–H groups in total. The van der Waals surface area contributed by atoms with Crippen LogP contribution in [0.25, 0.3) is 0 Å². The fourth-order valence-electron chi connectivity index (χ4n) is 7.04. The van der Waals surface area contributed by atoms with E-state index in [0.717, 1.165) is 11.1 Å². The minimum Gasteiger partial charge on any atom is -0.506 e. The number of rotatable bonds is 19. The molecule has 6 rings (SSSR count). The molecule has 322 valence electrons. The molecule has 62 heavy (non-hydrogen) atoms. The van der Waals surface area contributed by atoms with E-state index in [0.29, 0.717) is 0 Å². The highest BCUT2D eigenvalue weighted by Crippen LogP contribution is 2.27. The van der Waals surface area contributed by atoms with Crippen LogP contribution in [0.5, 0.6) is 0 Å². The maximum Gasteiger partial charge on any atom is 0.552 e. The fraction of sp³-hybridized carbons (Fsp3) is 0.381. The number of hydrogen-bond acceptors (Lipinski definition) is 14. The first-order valence-corrected chi connectivity index (χ1v) is 20.4. The zero-order chi connectivity index (χ0) is 44.2. The summed E-state index contributed by atoms with van der Waals surface area (Å²) in [6.45, 7) is 7.62. The number of benzene rings is 2. The van der Waals surface area contributed by atoms with Crippen LogP contribution in [0.4, 0.5) is 0 Å². The number of carbonyl (C=O) groups excluding carboxylic acids is 6. The van der Waals surface area contributed by atoms with Gasteiger partial charge in [-0.05, 0) is 35.8 Å². The smallest absolute Gasteiger partial charge is 0.506 e. The Hall–Kier alpha value is -6.53. The summed E-state index contributed by atoms with van der Waals surface area (Å²) in [5.41, 5.74) is 1.57. The maximum absolute atomic E-state index is 14.0. The van der Waals surface area contributed by atoms with E-state index in [1.807, 2.05) is 88.4 Å². The molecule has 2 saturated heterocycles. The molecule has 2 aromatic carbocycles. The third-order valence-corrected chi connectivity index (χ3v) is 9.93. The molecule has 4 amide bonds. The predicted octanol–water partition coefficient (Wildman–Crippen LogP) is 1.65. The molecule has 4 heterocycles. The van der Waals surface area contributed by atoms with E-state index in [2.05, 4.69) is 41.2 Å². The number of carbonyl (C=O) groups is 6. The van der Waals surface area contributed by atoms with Gasteiger partial charge in [0.25, 0.3) is 11.8 Å². The molecule has 0 radical (unpaired) electrons. The van der Waals surface area contributed by atoms with Crippen LogP contribution in [0.1, 0.15) is 72.6 Å². The summed E-state index contributed by atoms with van der Waals surface area (Å²) in [6, 6.07) is 16.0. The van der Waals surface area contributed by atoms with E-state index in [-0.39, 0.29) is 48.9 Å². The Morgan fingerprint density at radius 2 is 0.968 bits per heavy atom. The summed E-state index contributed by atoms with van der Waals surface area (Å²) in [6.07, 6.45) is 5.80. The first-order valence-electron chi connectivity index (χ1n) is 20.4. The van der Waals surface area contributed by atoms with Gasteiger partial charge in [0.05, 0.1) is 24.3 Å². The lowest BCUT2D eigenvalue weighted by molar-refractivity contribution is -0.147. The van der Waals surface area contributed by atoms with E-state index in [1.54, 1.807) is 0 Å². The third kappa shape index (κ3) is 12.3. The summed E-state index contributed by atoms with van der Waals surface area (Å²) in [7, 11) is -2.68. The van der Waals surface area contributed by atoms with Gasteiger partial charge in [0, 0.05) is 37.6 Å². The Labute approximate surface area is 359 Å². The summed E-state index contributed by atoms with van der Waals surface area (Å²) in [4.78, 5) is 97.1. The molecule has 0 spiro atoms. The minimum absolute atomic E-state index is 0.0158. The van der Waals surface area contributed by atoms with Gasteiger partial charge in [0.2, 0.25) is 11.8 Å². The van der Waals surface area contributed by atoms with Crippen molar-refractivity contribution in [2.45, 2.75) is 89.6 Å². The zero-order valence-corrected chi connectivity index (χ0v) is 34.7. The van der Waals surface area contributed by atoms with Crippen molar-refractivity contribution in [2.24, 2.45) is 11.8 Å². The molecule has 4 aromatic rings. The quantitative estimate of drug-likeness (QED) is 0.0983. The molecular weight excluding hydrogens is 798 g/mol. The molecule has 2 fully saturated rings. The average molecular weight is 847 g/mol. The standard InChI is InChI=1S/C42H48B2N8O10/c1-25(2)19-33(51-37(53)29(21-27-11-7-5-8-12-27)49-39(55)31-23-45-15-17-47-31)43-59-35(41(57)61-43)36-42(58)62-44(60-36)34(20-26(3)4)52-38(54)30(22-28-13-9-6-10-14-28)50-40(56)32-24-46-16-18-48-32/h5-18,23-26,29-30,33-36H,19-22H2,1-4H3,(H,49,55)(H,50,56)(H,51,53)(H,52,54)/t29?,30?,33-,34-,35-,36?/m0/s1. The highest BCUT2D eigenvalue weighted by Gasteiger charge is 2.57. The predicted molar refractivity (Wildman–Crippen MR) is 223 cm³/mol. The van der Waals surface area contributed by atoms with E-state index in [9.17, 15) is 28.8 Å². The molecule has 2 aliphatic rings. The van der Waals surface area contributed by atoms with Crippen molar-refractivity contribution in [3.63, 3.8) is 0 Å². The van der Waals surface area contributed by atoms with Gasteiger partial charge >= 0.3 is 26.2 Å². The molecule has 20 heteroatoms. The number of hydrogen-bond donors (Lipinski definition) is 4. The van der Waals surface area contributed by atoms with Crippen molar-refractivity contribution in [3.8, 4) is 0 Å². The molecule has 18 nitrogen and oxygen atoms in total. The first-order chi connectivity index (χ1) is 29.8. The second kappa shape index (κ2) is 21.3. The van der Waals surface area contributed by atoms with Gasteiger partial charge in [0.1, 0.15) is 23.5 Å². The Morgan fingerprint density at radius 1 is 0.581 bits per heavy atom. The number of nitrogens with one attached hydrogen (secondary N) is 4. The summed E-state index contributed by atoms with van der Waals surface area (Å²) in [5, 5.41) is 11.3. The van der Waals surface area contributed by atoms with E-state index < -0.39 is 86.0 Å². The molecule has 2 aromatic heterocycles. The molecule has 0 bridgehead atoms. The van der Waals surface area contributed by atoms with Crippen molar-refractivity contribution < 1.29 is 47.4 Å². The molecule has 0 aliphatic carbocycles. The third-order valence-electron chi connectivity index (χ3n) is 9.93. The van der Waals surface area contributed by atoms with Gasteiger partial charge in [-0.1, -0.05) is 88.4 Å². The normalized spacial score (nSPS) is 18.0. The van der Waals surface area contributed by atoms with Crippen LogP contribution >= 0.6 is 0 Å². The maximum atomic E-state index is 14.0. The van der Waals surface area contributed by atoms with Gasteiger partial charge < -0.3 is 39.9 Å². The monoisotopic (exact) mass is 846 g/mol. The first kappa shape index (κ1) is 45.0. The van der Waals surface area contributed by atoms with Crippen LogP contribution < -0.4 is 21.3 Å². The Kier molecular flexibility index (Phi) is 15.5.